The number of carbonyl (C=O) groups is 1. The molecule has 0 aliphatic heterocycles. The molecule has 1 amide bonds. The molecular formula is C20H21IN2OS. The third kappa shape index (κ3) is 3.90. The number of benzene rings is 1. The Morgan fingerprint density at radius 1 is 1.40 bits per heavy atom. The minimum Gasteiger partial charge on any atom is -0.312 e. The molecule has 0 bridgehead atoms. The molecule has 25 heavy (non-hydrogen) atoms. The van der Waals surface area contributed by atoms with Crippen LogP contribution in [-0.4, -0.2) is 5.91 Å². The van der Waals surface area contributed by atoms with Gasteiger partial charge >= 0.3 is 0 Å². The van der Waals surface area contributed by atoms with Crippen LogP contribution in [0, 0.1) is 26.2 Å². The fourth-order valence-electron chi connectivity index (χ4n) is 3.34. The molecule has 3 rings (SSSR count). The van der Waals surface area contributed by atoms with E-state index < -0.39 is 0 Å². The van der Waals surface area contributed by atoms with Gasteiger partial charge in [0.15, 0.2) is 0 Å². The first-order valence-electron chi connectivity index (χ1n) is 8.41. The molecular weight excluding hydrogens is 443 g/mol. The van der Waals surface area contributed by atoms with Gasteiger partial charge in [0.05, 0.1) is 5.56 Å². The van der Waals surface area contributed by atoms with E-state index in [0.29, 0.717) is 22.0 Å². The van der Waals surface area contributed by atoms with Crippen LogP contribution in [0.1, 0.15) is 53.6 Å². The van der Waals surface area contributed by atoms with Crippen molar-refractivity contribution < 1.29 is 4.79 Å². The van der Waals surface area contributed by atoms with Crippen molar-refractivity contribution in [1.29, 1.82) is 5.26 Å². The van der Waals surface area contributed by atoms with Gasteiger partial charge in [-0.1, -0.05) is 26.8 Å². The largest absolute Gasteiger partial charge is 0.312 e. The van der Waals surface area contributed by atoms with Crippen molar-refractivity contribution in [2.45, 2.75) is 40.0 Å². The van der Waals surface area contributed by atoms with E-state index in [2.05, 4.69) is 54.7 Å². The van der Waals surface area contributed by atoms with Crippen LogP contribution in [-0.2, 0) is 12.8 Å². The van der Waals surface area contributed by atoms with Crippen LogP contribution < -0.4 is 5.32 Å². The number of halogens is 1. The van der Waals surface area contributed by atoms with Crippen LogP contribution in [0.2, 0.25) is 0 Å². The molecule has 1 heterocycles. The van der Waals surface area contributed by atoms with Crippen molar-refractivity contribution >= 4 is 44.8 Å². The third-order valence-electron chi connectivity index (χ3n) is 4.92. The average Bonchev–Trinajstić information content (AvgIpc) is 2.90. The van der Waals surface area contributed by atoms with Crippen molar-refractivity contribution in [3.8, 4) is 6.07 Å². The van der Waals surface area contributed by atoms with Crippen molar-refractivity contribution in [1.82, 2.24) is 0 Å². The van der Waals surface area contributed by atoms with Crippen LogP contribution in [0.4, 0.5) is 5.00 Å². The summed E-state index contributed by atoms with van der Waals surface area (Å²) in [5.74, 6) is 0.463. The SMILES string of the molecule is CC(C)(C)C1CCc2c(sc(NC(=O)c3cccc(I)c3)c2C#N)C1. The van der Waals surface area contributed by atoms with Gasteiger partial charge in [0.2, 0.25) is 0 Å². The fraction of sp³-hybridized carbons (Fsp3) is 0.400. The van der Waals surface area contributed by atoms with Gasteiger partial charge in [-0.25, -0.2) is 0 Å². The predicted octanol–water partition coefficient (Wildman–Crippen LogP) is 5.63. The van der Waals surface area contributed by atoms with Gasteiger partial charge in [-0.2, -0.15) is 5.26 Å². The lowest BCUT2D eigenvalue weighted by atomic mass is 9.72. The summed E-state index contributed by atoms with van der Waals surface area (Å²) in [6, 6.07) is 9.79. The molecule has 0 saturated carbocycles. The molecule has 130 valence electrons. The molecule has 3 nitrogen and oxygen atoms in total. The average molecular weight is 464 g/mol. The summed E-state index contributed by atoms with van der Waals surface area (Å²) >= 11 is 3.77. The second kappa shape index (κ2) is 7.08. The minimum atomic E-state index is -0.152. The molecule has 2 aromatic rings. The first-order chi connectivity index (χ1) is 11.8. The Hall–Kier alpha value is -1.39. The Morgan fingerprint density at radius 2 is 2.16 bits per heavy atom. The molecule has 0 radical (unpaired) electrons. The van der Waals surface area contributed by atoms with Crippen molar-refractivity contribution in [2.75, 3.05) is 5.32 Å². The maximum Gasteiger partial charge on any atom is 0.256 e. The Balaban J connectivity index is 1.88. The van der Waals surface area contributed by atoms with Crippen LogP contribution in [0.25, 0.3) is 0 Å². The lowest BCUT2D eigenvalue weighted by Gasteiger charge is -2.33. The highest BCUT2D eigenvalue weighted by Crippen LogP contribution is 2.44. The second-order valence-electron chi connectivity index (χ2n) is 7.59. The molecule has 1 aliphatic rings. The molecule has 0 fully saturated rings. The Morgan fingerprint density at radius 3 is 2.80 bits per heavy atom. The molecule has 1 unspecified atom stereocenters. The number of carbonyl (C=O) groups excluding carboxylic acids is 1. The summed E-state index contributed by atoms with van der Waals surface area (Å²) in [5.41, 5.74) is 2.69. The van der Waals surface area contributed by atoms with E-state index in [9.17, 15) is 10.1 Å². The van der Waals surface area contributed by atoms with Crippen LogP contribution in [0.3, 0.4) is 0 Å². The Labute approximate surface area is 166 Å². The number of thiophene rings is 1. The fourth-order valence-corrected chi connectivity index (χ4v) is 5.15. The predicted molar refractivity (Wildman–Crippen MR) is 111 cm³/mol. The van der Waals surface area contributed by atoms with Gasteiger partial charge in [-0.15, -0.1) is 11.3 Å². The van der Waals surface area contributed by atoms with E-state index in [1.165, 1.54) is 4.88 Å². The van der Waals surface area contributed by atoms with Gasteiger partial charge < -0.3 is 5.32 Å². The smallest absolute Gasteiger partial charge is 0.256 e. The summed E-state index contributed by atoms with van der Waals surface area (Å²) in [7, 11) is 0. The first kappa shape index (κ1) is 18.4. The zero-order chi connectivity index (χ0) is 18.2. The van der Waals surface area contributed by atoms with Gasteiger partial charge in [-0.3, -0.25) is 4.79 Å². The number of hydrogen-bond acceptors (Lipinski definition) is 3. The lowest BCUT2D eigenvalue weighted by molar-refractivity contribution is 0.102. The van der Waals surface area contributed by atoms with Gasteiger partial charge in [-0.05, 0) is 76.9 Å². The summed E-state index contributed by atoms with van der Waals surface area (Å²) in [5, 5.41) is 13.3. The van der Waals surface area contributed by atoms with E-state index in [-0.39, 0.29) is 11.3 Å². The van der Waals surface area contributed by atoms with Gasteiger partial charge in [0, 0.05) is 14.0 Å². The number of amides is 1. The molecule has 0 spiro atoms. The number of fused-ring (bicyclic) bond motifs is 1. The number of rotatable bonds is 2. The zero-order valence-electron chi connectivity index (χ0n) is 14.6. The van der Waals surface area contributed by atoms with E-state index in [1.54, 1.807) is 17.4 Å². The maximum absolute atomic E-state index is 12.6. The number of hydrogen-bond donors (Lipinski definition) is 1. The number of nitrogens with zero attached hydrogens (tertiary/aromatic N) is 1. The molecule has 1 aromatic carbocycles. The molecule has 5 heteroatoms. The van der Waals surface area contributed by atoms with Gasteiger partial charge in [0.25, 0.3) is 5.91 Å². The quantitative estimate of drug-likeness (QED) is 0.586. The summed E-state index contributed by atoms with van der Waals surface area (Å²) in [6.45, 7) is 6.84. The highest BCUT2D eigenvalue weighted by molar-refractivity contribution is 14.1. The monoisotopic (exact) mass is 464 g/mol. The van der Waals surface area contributed by atoms with Gasteiger partial charge in [0.1, 0.15) is 11.1 Å². The molecule has 1 aliphatic carbocycles. The van der Waals surface area contributed by atoms with Crippen molar-refractivity contribution in [3.05, 3.63) is 49.4 Å². The molecule has 1 N–H and O–H groups in total. The topological polar surface area (TPSA) is 52.9 Å². The highest BCUT2D eigenvalue weighted by atomic mass is 127. The molecule has 0 saturated heterocycles. The van der Waals surface area contributed by atoms with E-state index >= 15 is 0 Å². The van der Waals surface area contributed by atoms with Crippen LogP contribution >= 0.6 is 33.9 Å². The number of anilines is 1. The number of nitriles is 1. The van der Waals surface area contributed by atoms with E-state index in [1.807, 2.05) is 18.2 Å². The van der Waals surface area contributed by atoms with Crippen molar-refractivity contribution in [2.24, 2.45) is 11.3 Å². The molecule has 1 atom stereocenters. The van der Waals surface area contributed by atoms with E-state index in [4.69, 9.17) is 0 Å². The van der Waals surface area contributed by atoms with Crippen LogP contribution in [0.5, 0.6) is 0 Å². The lowest BCUT2D eigenvalue weighted by Crippen LogP contribution is -2.26. The Kier molecular flexibility index (Phi) is 5.21. The summed E-state index contributed by atoms with van der Waals surface area (Å²) in [6.07, 6.45) is 3.03. The third-order valence-corrected chi connectivity index (χ3v) is 6.76. The minimum absolute atomic E-state index is 0.152. The number of nitrogens with one attached hydrogen (secondary N) is 1. The second-order valence-corrected chi connectivity index (χ2v) is 9.94. The summed E-state index contributed by atoms with van der Waals surface area (Å²) < 4.78 is 1.02. The zero-order valence-corrected chi connectivity index (χ0v) is 17.6. The first-order valence-corrected chi connectivity index (χ1v) is 10.3. The molecule has 1 aromatic heterocycles. The normalized spacial score (nSPS) is 16.8. The highest BCUT2D eigenvalue weighted by Gasteiger charge is 2.32. The maximum atomic E-state index is 12.6. The van der Waals surface area contributed by atoms with Crippen LogP contribution in [0.15, 0.2) is 24.3 Å². The van der Waals surface area contributed by atoms with Crippen molar-refractivity contribution in [3.63, 3.8) is 0 Å². The van der Waals surface area contributed by atoms with E-state index in [0.717, 1.165) is 28.4 Å². The Bertz CT molecular complexity index is 858. The standard InChI is InChI=1S/C20H21IN2OS/c1-20(2,3)13-7-8-15-16(11-22)19(25-17(15)10-13)23-18(24)12-5-4-6-14(21)9-12/h4-6,9,13H,7-8,10H2,1-3H3,(H,23,24). The summed E-state index contributed by atoms with van der Waals surface area (Å²) in [4.78, 5) is 13.8.